The summed E-state index contributed by atoms with van der Waals surface area (Å²) >= 11 is 0. The summed E-state index contributed by atoms with van der Waals surface area (Å²) in [4.78, 5) is 25.2. The zero-order valence-corrected chi connectivity index (χ0v) is 19.3. The predicted octanol–water partition coefficient (Wildman–Crippen LogP) is 7.32. The van der Waals surface area contributed by atoms with Crippen molar-refractivity contribution in [3.63, 3.8) is 0 Å². The summed E-state index contributed by atoms with van der Waals surface area (Å²) in [5.74, 6) is 1.81. The molecule has 0 bridgehead atoms. The van der Waals surface area contributed by atoms with Crippen LogP contribution in [0.5, 0.6) is 5.75 Å². The van der Waals surface area contributed by atoms with E-state index >= 15 is 0 Å². The van der Waals surface area contributed by atoms with Gasteiger partial charge in [0.2, 0.25) is 0 Å². The highest BCUT2D eigenvalue weighted by Crippen LogP contribution is 2.32. The van der Waals surface area contributed by atoms with Gasteiger partial charge in [0.1, 0.15) is 11.5 Å². The number of carbonyl (C=O) groups excluding carboxylic acids is 2. The van der Waals surface area contributed by atoms with Gasteiger partial charge in [0, 0.05) is 16.9 Å². The van der Waals surface area contributed by atoms with Crippen molar-refractivity contribution in [2.45, 2.75) is 80.6 Å². The molecule has 0 spiro atoms. The van der Waals surface area contributed by atoms with Crippen LogP contribution in [0.1, 0.15) is 90.9 Å². The number of benzene rings is 1. The second-order valence-corrected chi connectivity index (χ2v) is 8.12. The van der Waals surface area contributed by atoms with Crippen LogP contribution in [0.25, 0.3) is 0 Å². The van der Waals surface area contributed by atoms with Crippen LogP contribution in [-0.2, 0) is 4.79 Å². The fourth-order valence-electron chi connectivity index (χ4n) is 3.34. The molecule has 2 unspecified atom stereocenters. The lowest BCUT2D eigenvalue weighted by atomic mass is 9.75. The topological polar surface area (TPSA) is 43.4 Å². The van der Waals surface area contributed by atoms with Crippen molar-refractivity contribution in [3.05, 3.63) is 53.3 Å². The number of hydrogen-bond donors (Lipinski definition) is 0. The van der Waals surface area contributed by atoms with Gasteiger partial charge in [-0.15, -0.1) is 0 Å². The van der Waals surface area contributed by atoms with Crippen molar-refractivity contribution >= 4 is 11.6 Å². The zero-order valence-electron chi connectivity index (χ0n) is 19.3. The van der Waals surface area contributed by atoms with Crippen LogP contribution in [0.3, 0.4) is 0 Å². The van der Waals surface area contributed by atoms with Crippen LogP contribution >= 0.6 is 0 Å². The third-order valence-corrected chi connectivity index (χ3v) is 5.80. The molecule has 0 saturated heterocycles. The number of hydrogen-bond acceptors (Lipinski definition) is 3. The first kappa shape index (κ1) is 24.9. The molecule has 0 N–H and O–H groups in total. The van der Waals surface area contributed by atoms with Crippen molar-refractivity contribution in [2.24, 2.45) is 11.3 Å². The quantitative estimate of drug-likeness (QED) is 0.160. The summed E-state index contributed by atoms with van der Waals surface area (Å²) in [5.41, 5.74) is 1.25. The van der Waals surface area contributed by atoms with E-state index in [9.17, 15) is 9.59 Å². The molecular weight excluding hydrogens is 360 g/mol. The van der Waals surface area contributed by atoms with Gasteiger partial charge in [0.05, 0.1) is 0 Å². The summed E-state index contributed by atoms with van der Waals surface area (Å²) in [5, 5.41) is 0. The minimum Gasteiger partial charge on any atom is -0.462 e. The summed E-state index contributed by atoms with van der Waals surface area (Å²) < 4.78 is 5.86. The van der Waals surface area contributed by atoms with Gasteiger partial charge in [-0.05, 0) is 68.5 Å². The van der Waals surface area contributed by atoms with E-state index in [-0.39, 0.29) is 22.9 Å². The van der Waals surface area contributed by atoms with Gasteiger partial charge in [0.15, 0.2) is 11.6 Å². The van der Waals surface area contributed by atoms with Crippen molar-refractivity contribution in [2.75, 3.05) is 0 Å². The highest BCUT2D eigenvalue weighted by atomic mass is 16.5. The highest BCUT2D eigenvalue weighted by Gasteiger charge is 2.31. The number of ketones is 2. The van der Waals surface area contributed by atoms with E-state index in [1.54, 1.807) is 0 Å². The van der Waals surface area contributed by atoms with Crippen molar-refractivity contribution in [1.82, 2.24) is 0 Å². The van der Waals surface area contributed by atoms with Gasteiger partial charge >= 0.3 is 0 Å². The SMILES string of the molecule is CCCC(C)(CC)C(=O)/C(=C/C=C(\C)Oc1ccc(C(=O)C(C)CC)cc1)CC. The molecule has 3 nitrogen and oxygen atoms in total. The number of Topliss-reactive ketones (excluding diaryl/α,β-unsaturated/α-hetero) is 2. The molecule has 0 heterocycles. The molecule has 0 aliphatic heterocycles. The smallest absolute Gasteiger partial charge is 0.165 e. The van der Waals surface area contributed by atoms with Crippen molar-refractivity contribution < 1.29 is 14.3 Å². The van der Waals surface area contributed by atoms with Crippen LogP contribution in [0, 0.1) is 11.3 Å². The monoisotopic (exact) mass is 398 g/mol. The molecule has 0 aliphatic carbocycles. The lowest BCUT2D eigenvalue weighted by Crippen LogP contribution is -2.28. The van der Waals surface area contributed by atoms with Crippen LogP contribution in [0.4, 0.5) is 0 Å². The average molecular weight is 399 g/mol. The van der Waals surface area contributed by atoms with Crippen molar-refractivity contribution in [3.8, 4) is 5.75 Å². The minimum absolute atomic E-state index is 0.0278. The number of allylic oxidation sites excluding steroid dienone is 4. The Kier molecular flexibility index (Phi) is 10.1. The van der Waals surface area contributed by atoms with Crippen LogP contribution in [0.15, 0.2) is 47.7 Å². The molecule has 1 rings (SSSR count). The Morgan fingerprint density at radius 3 is 2.17 bits per heavy atom. The van der Waals surface area contributed by atoms with E-state index in [1.165, 1.54) is 0 Å². The second kappa shape index (κ2) is 11.7. The fourth-order valence-corrected chi connectivity index (χ4v) is 3.34. The Hall–Kier alpha value is -2.16. The molecule has 29 heavy (non-hydrogen) atoms. The van der Waals surface area contributed by atoms with E-state index in [4.69, 9.17) is 4.74 Å². The molecule has 2 atom stereocenters. The maximum atomic E-state index is 13.0. The Balaban J connectivity index is 2.90. The van der Waals surface area contributed by atoms with Gasteiger partial charge in [-0.25, -0.2) is 0 Å². The minimum atomic E-state index is -0.294. The number of carbonyl (C=O) groups is 2. The molecular formula is C26H38O3. The van der Waals surface area contributed by atoms with E-state index in [0.717, 1.165) is 31.3 Å². The summed E-state index contributed by atoms with van der Waals surface area (Å²) in [7, 11) is 0. The second-order valence-electron chi connectivity index (χ2n) is 8.12. The molecule has 0 amide bonds. The fraction of sp³-hybridized carbons (Fsp3) is 0.538. The highest BCUT2D eigenvalue weighted by molar-refractivity contribution is 5.99. The molecule has 3 heteroatoms. The number of rotatable bonds is 12. The zero-order chi connectivity index (χ0) is 22.0. The van der Waals surface area contributed by atoms with E-state index in [1.807, 2.05) is 64.1 Å². The summed E-state index contributed by atoms with van der Waals surface area (Å²) in [6, 6.07) is 7.26. The van der Waals surface area contributed by atoms with Crippen LogP contribution in [-0.4, -0.2) is 11.6 Å². The predicted molar refractivity (Wildman–Crippen MR) is 121 cm³/mol. The summed E-state index contributed by atoms with van der Waals surface area (Å²) in [6.07, 6.45) is 8.03. The molecule has 0 fully saturated rings. The molecule has 0 radical (unpaired) electrons. The van der Waals surface area contributed by atoms with Crippen LogP contribution in [0.2, 0.25) is 0 Å². The third kappa shape index (κ3) is 6.99. The third-order valence-electron chi connectivity index (χ3n) is 5.80. The maximum Gasteiger partial charge on any atom is 0.165 e. The van der Waals surface area contributed by atoms with E-state index < -0.39 is 0 Å². The first-order valence-corrected chi connectivity index (χ1v) is 11.0. The van der Waals surface area contributed by atoms with Gasteiger partial charge in [0.25, 0.3) is 0 Å². The average Bonchev–Trinajstić information content (AvgIpc) is 2.73. The lowest BCUT2D eigenvalue weighted by molar-refractivity contribution is -0.124. The lowest BCUT2D eigenvalue weighted by Gasteiger charge is -2.27. The normalized spacial score (nSPS) is 15.6. The summed E-state index contributed by atoms with van der Waals surface area (Å²) in [6.45, 7) is 14.1. The Bertz CT molecular complexity index is 740. The van der Waals surface area contributed by atoms with Gasteiger partial charge < -0.3 is 4.74 Å². The van der Waals surface area contributed by atoms with E-state index in [2.05, 4.69) is 20.8 Å². The van der Waals surface area contributed by atoms with Gasteiger partial charge in [-0.3, -0.25) is 9.59 Å². The Morgan fingerprint density at radius 1 is 1.07 bits per heavy atom. The molecule has 0 aliphatic rings. The number of ether oxygens (including phenoxy) is 1. The van der Waals surface area contributed by atoms with Gasteiger partial charge in [-0.2, -0.15) is 0 Å². The molecule has 160 valence electrons. The maximum absolute atomic E-state index is 13.0. The standard InChI is InChI=1S/C26H38O3/c1-8-18-26(7,11-4)25(28)21(10-3)13-12-20(6)29-23-16-14-22(15-17-23)24(27)19(5)9-2/h12-17,19H,8-11,18H2,1-7H3/b20-12+,21-13+. The molecule has 0 aromatic heterocycles. The Morgan fingerprint density at radius 2 is 1.69 bits per heavy atom. The van der Waals surface area contributed by atoms with Crippen LogP contribution < -0.4 is 4.74 Å². The van der Waals surface area contributed by atoms with Gasteiger partial charge in [-0.1, -0.05) is 54.0 Å². The van der Waals surface area contributed by atoms with Crippen molar-refractivity contribution in [1.29, 1.82) is 0 Å². The first-order valence-electron chi connectivity index (χ1n) is 11.0. The molecule has 1 aromatic carbocycles. The Labute approximate surface area is 177 Å². The molecule has 1 aromatic rings. The molecule has 0 saturated carbocycles. The van der Waals surface area contributed by atoms with E-state index in [0.29, 0.717) is 23.5 Å². The first-order chi connectivity index (χ1) is 13.7. The largest absolute Gasteiger partial charge is 0.462 e.